The Morgan fingerprint density at radius 3 is 2.26 bits per heavy atom. The van der Waals surface area contributed by atoms with Gasteiger partial charge < -0.3 is 14.9 Å². The number of benzene rings is 1. The molecule has 1 aromatic carbocycles. The van der Waals surface area contributed by atoms with Gasteiger partial charge in [0.2, 0.25) is 0 Å². The van der Waals surface area contributed by atoms with Gasteiger partial charge in [-0.2, -0.15) is 0 Å². The summed E-state index contributed by atoms with van der Waals surface area (Å²) in [7, 11) is 0. The van der Waals surface area contributed by atoms with E-state index < -0.39 is 0 Å². The van der Waals surface area contributed by atoms with Gasteiger partial charge in [0.15, 0.2) is 0 Å². The van der Waals surface area contributed by atoms with Crippen LogP contribution in [-0.2, 0) is 13.2 Å². The maximum Gasteiger partial charge on any atom is 0.146 e. The van der Waals surface area contributed by atoms with E-state index in [0.717, 1.165) is 39.0 Å². The molecule has 0 aliphatic rings. The molecule has 102 valence electrons. The summed E-state index contributed by atoms with van der Waals surface area (Å²) in [6, 6.07) is 5.81. The molecule has 0 saturated carbocycles. The van der Waals surface area contributed by atoms with Gasteiger partial charge in [-0.05, 0) is 55.7 Å². The minimum Gasteiger partial charge on any atom is -0.486 e. The van der Waals surface area contributed by atoms with E-state index in [9.17, 15) is 0 Å². The van der Waals surface area contributed by atoms with E-state index in [1.165, 1.54) is 0 Å². The molecule has 0 spiro atoms. The second kappa shape index (κ2) is 5.68. The van der Waals surface area contributed by atoms with Gasteiger partial charge >= 0.3 is 0 Å². The average Bonchev–Trinajstić information content (AvgIpc) is 2.74. The van der Waals surface area contributed by atoms with Crippen molar-refractivity contribution in [3.05, 3.63) is 51.4 Å². The van der Waals surface area contributed by atoms with Crippen LogP contribution in [-0.4, -0.2) is 0 Å². The van der Waals surface area contributed by atoms with Crippen LogP contribution >= 0.6 is 11.6 Å². The first kappa shape index (κ1) is 14.0. The van der Waals surface area contributed by atoms with Crippen molar-refractivity contribution in [1.29, 1.82) is 0 Å². The Morgan fingerprint density at radius 1 is 1.11 bits per heavy atom. The molecule has 19 heavy (non-hydrogen) atoms. The van der Waals surface area contributed by atoms with Crippen LogP contribution < -0.4 is 10.5 Å². The summed E-state index contributed by atoms with van der Waals surface area (Å²) in [4.78, 5) is 0. The molecule has 0 saturated heterocycles. The Bertz CT molecular complexity index is 567. The maximum absolute atomic E-state index is 6.12. The van der Waals surface area contributed by atoms with Crippen LogP contribution in [0.5, 0.6) is 5.75 Å². The highest BCUT2D eigenvalue weighted by atomic mass is 35.5. The smallest absolute Gasteiger partial charge is 0.146 e. The number of aryl methyl sites for hydroxylation is 3. The summed E-state index contributed by atoms with van der Waals surface area (Å²) < 4.78 is 11.3. The number of hydrogen-bond acceptors (Lipinski definition) is 3. The fourth-order valence-electron chi connectivity index (χ4n) is 2.01. The highest BCUT2D eigenvalue weighted by molar-refractivity contribution is 6.32. The third kappa shape index (κ3) is 3.11. The van der Waals surface area contributed by atoms with E-state index in [0.29, 0.717) is 13.2 Å². The van der Waals surface area contributed by atoms with Crippen molar-refractivity contribution in [2.45, 2.75) is 33.9 Å². The zero-order valence-electron chi connectivity index (χ0n) is 11.4. The fraction of sp³-hybridized carbons (Fsp3) is 0.333. The molecule has 1 heterocycles. The fourth-order valence-corrected chi connectivity index (χ4v) is 2.12. The van der Waals surface area contributed by atoms with Gasteiger partial charge in [0.05, 0.1) is 6.54 Å². The number of hydrogen-bond donors (Lipinski definition) is 1. The Morgan fingerprint density at radius 2 is 1.74 bits per heavy atom. The minimum atomic E-state index is 0.390. The molecule has 2 rings (SSSR count). The SMILES string of the molecule is Cc1cc(COc2cc(C)c(Cl)c(C)c2)oc1CN. The largest absolute Gasteiger partial charge is 0.486 e. The zero-order valence-corrected chi connectivity index (χ0v) is 12.2. The van der Waals surface area contributed by atoms with E-state index in [-0.39, 0.29) is 0 Å². The third-order valence-electron chi connectivity index (χ3n) is 3.05. The first-order valence-corrected chi connectivity index (χ1v) is 6.57. The van der Waals surface area contributed by atoms with Crippen molar-refractivity contribution in [2.75, 3.05) is 0 Å². The Balaban J connectivity index is 2.10. The van der Waals surface area contributed by atoms with Crippen molar-refractivity contribution in [3.8, 4) is 5.75 Å². The molecule has 2 N–H and O–H groups in total. The van der Waals surface area contributed by atoms with Crippen LogP contribution in [0.25, 0.3) is 0 Å². The van der Waals surface area contributed by atoms with Gasteiger partial charge in [-0.15, -0.1) is 0 Å². The van der Waals surface area contributed by atoms with Gasteiger partial charge in [-0.1, -0.05) is 11.6 Å². The van der Waals surface area contributed by atoms with Crippen molar-refractivity contribution in [2.24, 2.45) is 5.73 Å². The summed E-state index contributed by atoms with van der Waals surface area (Å²) in [6.07, 6.45) is 0. The summed E-state index contributed by atoms with van der Waals surface area (Å²) in [6.45, 7) is 6.70. The number of rotatable bonds is 4. The van der Waals surface area contributed by atoms with E-state index in [1.54, 1.807) is 0 Å². The van der Waals surface area contributed by atoms with E-state index in [4.69, 9.17) is 26.5 Å². The average molecular weight is 280 g/mol. The molecular formula is C15H18ClNO2. The van der Waals surface area contributed by atoms with Crippen molar-refractivity contribution >= 4 is 11.6 Å². The molecule has 0 aliphatic carbocycles. The molecule has 0 unspecified atom stereocenters. The van der Waals surface area contributed by atoms with E-state index in [1.807, 2.05) is 39.0 Å². The van der Waals surface area contributed by atoms with Gasteiger partial charge in [-0.3, -0.25) is 0 Å². The molecule has 0 bridgehead atoms. The lowest BCUT2D eigenvalue weighted by atomic mass is 10.1. The molecule has 1 aromatic heterocycles. The van der Waals surface area contributed by atoms with Crippen LogP contribution in [0.1, 0.15) is 28.2 Å². The van der Waals surface area contributed by atoms with Crippen molar-refractivity contribution in [1.82, 2.24) is 0 Å². The highest BCUT2D eigenvalue weighted by Crippen LogP contribution is 2.26. The first-order chi connectivity index (χ1) is 9.01. The molecule has 3 nitrogen and oxygen atoms in total. The third-order valence-corrected chi connectivity index (χ3v) is 3.64. The molecular weight excluding hydrogens is 262 g/mol. The minimum absolute atomic E-state index is 0.390. The number of ether oxygens (including phenoxy) is 1. The normalized spacial score (nSPS) is 10.8. The lowest BCUT2D eigenvalue weighted by molar-refractivity contribution is 0.266. The summed E-state index contributed by atoms with van der Waals surface area (Å²) in [5.74, 6) is 2.38. The maximum atomic E-state index is 6.12. The van der Waals surface area contributed by atoms with E-state index in [2.05, 4.69) is 0 Å². The Hall–Kier alpha value is -1.45. The second-order valence-corrected chi connectivity index (χ2v) is 5.06. The molecule has 0 fully saturated rings. The van der Waals surface area contributed by atoms with Crippen LogP contribution in [0, 0.1) is 20.8 Å². The van der Waals surface area contributed by atoms with Gasteiger partial charge in [0.1, 0.15) is 23.9 Å². The molecule has 2 aromatic rings. The lowest BCUT2D eigenvalue weighted by Gasteiger charge is -2.08. The quantitative estimate of drug-likeness (QED) is 0.923. The Labute approximate surface area is 118 Å². The number of nitrogens with two attached hydrogens (primary N) is 1. The topological polar surface area (TPSA) is 48.4 Å². The van der Waals surface area contributed by atoms with Crippen LogP contribution in [0.2, 0.25) is 5.02 Å². The zero-order chi connectivity index (χ0) is 14.0. The predicted octanol–water partition coefficient (Wildman–Crippen LogP) is 3.90. The van der Waals surface area contributed by atoms with Gasteiger partial charge in [0, 0.05) is 5.02 Å². The molecule has 0 amide bonds. The molecule has 0 aliphatic heterocycles. The second-order valence-electron chi connectivity index (χ2n) is 4.68. The predicted molar refractivity (Wildman–Crippen MR) is 76.6 cm³/mol. The number of halogens is 1. The van der Waals surface area contributed by atoms with Gasteiger partial charge in [0.25, 0.3) is 0 Å². The summed E-state index contributed by atoms with van der Waals surface area (Å²) in [5, 5.41) is 0.784. The molecule has 4 heteroatoms. The van der Waals surface area contributed by atoms with Crippen molar-refractivity contribution in [3.63, 3.8) is 0 Å². The number of furan rings is 1. The summed E-state index contributed by atoms with van der Waals surface area (Å²) >= 11 is 6.12. The van der Waals surface area contributed by atoms with Crippen molar-refractivity contribution < 1.29 is 9.15 Å². The lowest BCUT2D eigenvalue weighted by Crippen LogP contribution is -1.96. The standard InChI is InChI=1S/C15H18ClNO2/c1-9-4-13(19-14(9)7-17)8-18-12-5-10(2)15(16)11(3)6-12/h4-6H,7-8,17H2,1-3H3. The first-order valence-electron chi connectivity index (χ1n) is 6.19. The van der Waals surface area contributed by atoms with Gasteiger partial charge in [-0.25, -0.2) is 0 Å². The highest BCUT2D eigenvalue weighted by Gasteiger charge is 2.08. The summed E-state index contributed by atoms with van der Waals surface area (Å²) in [5.41, 5.74) is 8.66. The van der Waals surface area contributed by atoms with E-state index >= 15 is 0 Å². The molecule has 0 radical (unpaired) electrons. The Kier molecular flexibility index (Phi) is 4.17. The molecule has 0 atom stereocenters. The van der Waals surface area contributed by atoms with Crippen LogP contribution in [0.3, 0.4) is 0 Å². The van der Waals surface area contributed by atoms with Crippen LogP contribution in [0.15, 0.2) is 22.6 Å². The van der Waals surface area contributed by atoms with Crippen LogP contribution in [0.4, 0.5) is 0 Å². The monoisotopic (exact) mass is 279 g/mol.